The van der Waals surface area contributed by atoms with Gasteiger partial charge in [0, 0.05) is 0 Å². The largest absolute Gasteiger partial charge is 0.508 e. The fourth-order valence-electron chi connectivity index (χ4n) is 2.88. The first-order chi connectivity index (χ1) is 9.81. The summed E-state index contributed by atoms with van der Waals surface area (Å²) in [4.78, 5) is 0. The predicted octanol–water partition coefficient (Wildman–Crippen LogP) is 4.17. The number of fused-ring (bicyclic) bond motifs is 2. The normalized spacial score (nSPS) is 17.3. The lowest BCUT2D eigenvalue weighted by Crippen LogP contribution is -1.98. The third-order valence-electron chi connectivity index (χ3n) is 3.89. The Morgan fingerprint density at radius 1 is 0.900 bits per heavy atom. The summed E-state index contributed by atoms with van der Waals surface area (Å²) in [6, 6.07) is 20.2. The molecular formula is C18H14O2. The maximum absolute atomic E-state index is 9.54. The molecule has 0 amide bonds. The molecular weight excluding hydrogens is 248 g/mol. The van der Waals surface area contributed by atoms with Gasteiger partial charge in [0.1, 0.15) is 11.9 Å². The summed E-state index contributed by atoms with van der Waals surface area (Å²) in [6.07, 6.45) is -0.0322. The average molecular weight is 262 g/mol. The number of benzene rings is 3. The monoisotopic (exact) mass is 262 g/mol. The van der Waals surface area contributed by atoms with E-state index in [0.29, 0.717) is 12.4 Å². The van der Waals surface area contributed by atoms with Crippen LogP contribution >= 0.6 is 0 Å². The standard InChI is InChI=1S/C18H14O2/c19-16-7-8-17-15(10-16)11-20-18(17)14-6-5-12-3-1-2-4-13(12)9-14/h1-10,18-19H,11H2. The van der Waals surface area contributed by atoms with Gasteiger partial charge in [-0.25, -0.2) is 0 Å². The van der Waals surface area contributed by atoms with E-state index in [1.165, 1.54) is 10.8 Å². The highest BCUT2D eigenvalue weighted by molar-refractivity contribution is 5.83. The summed E-state index contributed by atoms with van der Waals surface area (Å²) in [6.45, 7) is 0.557. The lowest BCUT2D eigenvalue weighted by atomic mass is 9.97. The van der Waals surface area contributed by atoms with Gasteiger partial charge in [0.25, 0.3) is 0 Å². The number of aromatic hydroxyl groups is 1. The predicted molar refractivity (Wildman–Crippen MR) is 78.7 cm³/mol. The first-order valence-corrected chi connectivity index (χ1v) is 6.73. The van der Waals surface area contributed by atoms with E-state index in [1.54, 1.807) is 12.1 Å². The van der Waals surface area contributed by atoms with Crippen LogP contribution in [0.15, 0.2) is 60.7 Å². The number of phenolic OH excluding ortho intramolecular Hbond substituents is 1. The van der Waals surface area contributed by atoms with Crippen LogP contribution in [0.1, 0.15) is 22.8 Å². The van der Waals surface area contributed by atoms with Crippen LogP contribution in [-0.2, 0) is 11.3 Å². The quantitative estimate of drug-likeness (QED) is 0.713. The molecule has 2 nitrogen and oxygen atoms in total. The summed E-state index contributed by atoms with van der Waals surface area (Å²) in [7, 11) is 0. The zero-order valence-electron chi connectivity index (χ0n) is 10.9. The number of hydrogen-bond acceptors (Lipinski definition) is 2. The molecule has 0 spiro atoms. The Balaban J connectivity index is 1.81. The van der Waals surface area contributed by atoms with Crippen LogP contribution < -0.4 is 0 Å². The van der Waals surface area contributed by atoms with Crippen LogP contribution in [-0.4, -0.2) is 5.11 Å². The number of rotatable bonds is 1. The van der Waals surface area contributed by atoms with Crippen molar-refractivity contribution in [2.75, 3.05) is 0 Å². The molecule has 0 saturated heterocycles. The van der Waals surface area contributed by atoms with E-state index in [-0.39, 0.29) is 6.10 Å². The van der Waals surface area contributed by atoms with Crippen LogP contribution in [0.5, 0.6) is 5.75 Å². The minimum Gasteiger partial charge on any atom is -0.508 e. The number of phenols is 1. The molecule has 3 aromatic rings. The average Bonchev–Trinajstić information content (AvgIpc) is 2.89. The van der Waals surface area contributed by atoms with E-state index in [9.17, 15) is 5.11 Å². The van der Waals surface area contributed by atoms with Crippen LogP contribution in [0.25, 0.3) is 10.8 Å². The van der Waals surface area contributed by atoms with Gasteiger partial charge in [-0.1, -0.05) is 42.5 Å². The van der Waals surface area contributed by atoms with Crippen molar-refractivity contribution in [3.8, 4) is 5.75 Å². The molecule has 4 rings (SSSR count). The van der Waals surface area contributed by atoms with Gasteiger partial charge in [-0.05, 0) is 45.7 Å². The molecule has 1 N–H and O–H groups in total. The van der Waals surface area contributed by atoms with Gasteiger partial charge in [0.05, 0.1) is 6.61 Å². The molecule has 1 atom stereocenters. The third-order valence-corrected chi connectivity index (χ3v) is 3.89. The molecule has 20 heavy (non-hydrogen) atoms. The molecule has 0 bridgehead atoms. The molecule has 1 aliphatic heterocycles. The highest BCUT2D eigenvalue weighted by Crippen LogP contribution is 2.38. The van der Waals surface area contributed by atoms with E-state index in [2.05, 4.69) is 30.3 Å². The summed E-state index contributed by atoms with van der Waals surface area (Å²) in [5.41, 5.74) is 3.38. The second-order valence-electron chi connectivity index (χ2n) is 5.18. The van der Waals surface area contributed by atoms with Gasteiger partial charge in [0.2, 0.25) is 0 Å². The molecule has 0 aliphatic carbocycles. The van der Waals surface area contributed by atoms with Gasteiger partial charge >= 0.3 is 0 Å². The van der Waals surface area contributed by atoms with E-state index >= 15 is 0 Å². The second-order valence-corrected chi connectivity index (χ2v) is 5.18. The first-order valence-electron chi connectivity index (χ1n) is 6.73. The Labute approximate surface area is 117 Å². The van der Waals surface area contributed by atoms with Crippen molar-refractivity contribution in [3.63, 3.8) is 0 Å². The molecule has 1 unspecified atom stereocenters. The van der Waals surface area contributed by atoms with Gasteiger partial charge in [-0.3, -0.25) is 0 Å². The first kappa shape index (κ1) is 11.5. The van der Waals surface area contributed by atoms with Crippen LogP contribution in [0.2, 0.25) is 0 Å². The SMILES string of the molecule is Oc1ccc2c(c1)COC2c1ccc2ccccc2c1. The highest BCUT2D eigenvalue weighted by Gasteiger charge is 2.25. The molecule has 98 valence electrons. The zero-order valence-corrected chi connectivity index (χ0v) is 10.9. The van der Waals surface area contributed by atoms with Crippen LogP contribution in [0.3, 0.4) is 0 Å². The maximum Gasteiger partial charge on any atom is 0.115 e. The highest BCUT2D eigenvalue weighted by atomic mass is 16.5. The Morgan fingerprint density at radius 2 is 1.75 bits per heavy atom. The molecule has 1 aliphatic rings. The Hall–Kier alpha value is -2.32. The molecule has 0 saturated carbocycles. The second kappa shape index (κ2) is 4.36. The van der Waals surface area contributed by atoms with Crippen LogP contribution in [0.4, 0.5) is 0 Å². The third kappa shape index (κ3) is 1.77. The van der Waals surface area contributed by atoms with Crippen molar-refractivity contribution in [1.82, 2.24) is 0 Å². The number of hydrogen-bond donors (Lipinski definition) is 1. The number of ether oxygens (including phenoxy) is 1. The van der Waals surface area contributed by atoms with Crippen molar-refractivity contribution in [2.45, 2.75) is 12.7 Å². The van der Waals surface area contributed by atoms with Gasteiger partial charge < -0.3 is 9.84 Å². The zero-order chi connectivity index (χ0) is 13.5. The Kier molecular flexibility index (Phi) is 2.51. The molecule has 0 radical (unpaired) electrons. The maximum atomic E-state index is 9.54. The lowest BCUT2D eigenvalue weighted by Gasteiger charge is -2.12. The van der Waals surface area contributed by atoms with Gasteiger partial charge in [-0.15, -0.1) is 0 Å². The fourth-order valence-corrected chi connectivity index (χ4v) is 2.88. The van der Waals surface area contributed by atoms with Crippen molar-refractivity contribution >= 4 is 10.8 Å². The Bertz CT molecular complexity index is 792. The minimum absolute atomic E-state index is 0.0322. The fraction of sp³-hybridized carbons (Fsp3) is 0.111. The molecule has 0 aromatic heterocycles. The van der Waals surface area contributed by atoms with Crippen molar-refractivity contribution in [1.29, 1.82) is 0 Å². The summed E-state index contributed by atoms with van der Waals surface area (Å²) < 4.78 is 5.90. The minimum atomic E-state index is -0.0322. The Morgan fingerprint density at radius 3 is 2.65 bits per heavy atom. The van der Waals surface area contributed by atoms with Gasteiger partial charge in [-0.2, -0.15) is 0 Å². The van der Waals surface area contributed by atoms with Gasteiger partial charge in [0.15, 0.2) is 0 Å². The summed E-state index contributed by atoms with van der Waals surface area (Å²) >= 11 is 0. The van der Waals surface area contributed by atoms with E-state index in [4.69, 9.17) is 4.74 Å². The van der Waals surface area contributed by atoms with Crippen molar-refractivity contribution in [2.24, 2.45) is 0 Å². The van der Waals surface area contributed by atoms with E-state index in [1.807, 2.05) is 18.2 Å². The summed E-state index contributed by atoms with van der Waals surface area (Å²) in [5, 5.41) is 12.0. The van der Waals surface area contributed by atoms with Crippen LogP contribution in [0, 0.1) is 0 Å². The smallest absolute Gasteiger partial charge is 0.115 e. The molecule has 2 heteroatoms. The van der Waals surface area contributed by atoms with E-state index < -0.39 is 0 Å². The molecule has 3 aromatic carbocycles. The summed E-state index contributed by atoms with van der Waals surface area (Å²) in [5.74, 6) is 0.298. The van der Waals surface area contributed by atoms with Crippen molar-refractivity contribution in [3.05, 3.63) is 77.4 Å². The molecule has 0 fully saturated rings. The topological polar surface area (TPSA) is 29.5 Å². The molecule has 1 heterocycles. The lowest BCUT2D eigenvalue weighted by molar-refractivity contribution is 0.0940. The van der Waals surface area contributed by atoms with Crippen molar-refractivity contribution < 1.29 is 9.84 Å². The van der Waals surface area contributed by atoms with E-state index in [0.717, 1.165) is 16.7 Å².